The second-order valence-corrected chi connectivity index (χ2v) is 26.8. The van der Waals surface area contributed by atoms with Crippen LogP contribution in [0.25, 0.3) is 66.6 Å². The van der Waals surface area contributed by atoms with Gasteiger partial charge in [-0.05, 0) is 38.4 Å². The second-order valence-electron chi connectivity index (χ2n) is 26.8. The van der Waals surface area contributed by atoms with E-state index in [9.17, 15) is 28.8 Å². The molecule has 0 aliphatic carbocycles. The van der Waals surface area contributed by atoms with Gasteiger partial charge in [0.25, 0.3) is 17.7 Å². The zero-order chi connectivity index (χ0) is 78.8. The molecule has 12 aromatic heterocycles. The summed E-state index contributed by atoms with van der Waals surface area (Å²) in [4.78, 5) is 100. The summed E-state index contributed by atoms with van der Waals surface area (Å²) in [5.74, 6) is -2.82. The summed E-state index contributed by atoms with van der Waals surface area (Å²) < 4.78 is 40.8. The van der Waals surface area contributed by atoms with Gasteiger partial charge in [-0.25, -0.2) is 14.4 Å². The maximum atomic E-state index is 12.5. The van der Waals surface area contributed by atoms with E-state index in [0.717, 1.165) is 151 Å². The van der Waals surface area contributed by atoms with E-state index in [-0.39, 0.29) is 34.8 Å². The third kappa shape index (κ3) is 22.4. The van der Waals surface area contributed by atoms with Crippen molar-refractivity contribution in [1.29, 1.82) is 0 Å². The molecule has 6 fully saturated rings. The Morgan fingerprint density at radius 3 is 0.841 bits per heavy atom. The number of likely N-dealkylation sites (N-methyl/N-ethyl adjacent to an activating group) is 2. The fourth-order valence-electron chi connectivity index (χ4n) is 12.7. The van der Waals surface area contributed by atoms with Crippen LogP contribution < -0.4 is 25.8 Å². The third-order valence-corrected chi connectivity index (χ3v) is 19.0. The first-order valence-corrected chi connectivity index (χ1v) is 37.3. The van der Waals surface area contributed by atoms with Crippen LogP contribution in [0.1, 0.15) is 62.9 Å². The topological polar surface area (TPSA) is 414 Å². The summed E-state index contributed by atoms with van der Waals surface area (Å²) in [6, 6.07) is 41.1. The molecule has 596 valence electrons. The van der Waals surface area contributed by atoms with Gasteiger partial charge < -0.3 is 131 Å². The van der Waals surface area contributed by atoms with Gasteiger partial charge in [0.1, 0.15) is 34.2 Å². The lowest BCUT2D eigenvalue weighted by Gasteiger charge is -2.35. The molecule has 6 saturated heterocycles. The minimum Gasteiger partial charge on any atom is -0.477 e. The number of ether oxygens (including phenoxy) is 2. The van der Waals surface area contributed by atoms with Crippen molar-refractivity contribution < 1.29 is 80.1 Å². The first kappa shape index (κ1) is 80.0. The van der Waals surface area contributed by atoms with Gasteiger partial charge in [-0.2, -0.15) is 0 Å². The number of fused-ring (bicyclic) bond motifs is 6. The molecule has 113 heavy (non-hydrogen) atoms. The van der Waals surface area contributed by atoms with E-state index in [1.54, 1.807) is 60.1 Å². The summed E-state index contributed by atoms with van der Waals surface area (Å²) in [7, 11) is 4.23. The number of carboxylic acids is 3. The number of benzene rings is 2. The van der Waals surface area contributed by atoms with Crippen molar-refractivity contribution in [1.82, 2.24) is 70.4 Å². The number of aromatic carboxylic acids is 3. The number of piperazine rings is 4. The smallest absolute Gasteiger partial charge is 0.352 e. The molecule has 0 radical (unpaired) electrons. The Morgan fingerprint density at radius 1 is 0.292 bits per heavy atom. The Kier molecular flexibility index (Phi) is 28.3. The van der Waals surface area contributed by atoms with E-state index >= 15 is 0 Å². The van der Waals surface area contributed by atoms with E-state index in [4.69, 9.17) is 51.3 Å². The molecule has 33 nitrogen and oxygen atoms in total. The highest BCUT2D eigenvalue weighted by molar-refractivity contribution is 5.99. The van der Waals surface area contributed by atoms with Crippen LogP contribution in [-0.2, 0) is 9.47 Å². The van der Waals surface area contributed by atoms with Crippen LogP contribution in [0.5, 0.6) is 0 Å². The number of hydrogen-bond acceptors (Lipinski definition) is 21. The molecular weight excluding hydrogens is 1460 g/mol. The molecule has 0 atom stereocenters. The lowest BCUT2D eigenvalue weighted by molar-refractivity contribution is 0.0299. The van der Waals surface area contributed by atoms with Crippen LogP contribution >= 0.6 is 0 Å². The monoisotopic (exact) mass is 1550 g/mol. The predicted molar refractivity (Wildman–Crippen MR) is 425 cm³/mol. The van der Waals surface area contributed by atoms with Crippen LogP contribution in [0.15, 0.2) is 198 Å². The molecule has 18 heterocycles. The lowest BCUT2D eigenvalue weighted by Crippen LogP contribution is -2.48. The molecule has 33 heteroatoms. The van der Waals surface area contributed by atoms with Crippen molar-refractivity contribution in [3.63, 3.8) is 0 Å². The Hall–Kier alpha value is -12.5. The van der Waals surface area contributed by atoms with E-state index < -0.39 is 17.9 Å². The number of rotatable bonds is 8. The summed E-state index contributed by atoms with van der Waals surface area (Å²) in [5, 5.41) is 35.4. The Balaban J connectivity index is 0.000000120. The molecule has 3 amide bonds. The van der Waals surface area contributed by atoms with Crippen molar-refractivity contribution in [3.05, 3.63) is 205 Å². The average molecular weight is 1550 g/mol. The van der Waals surface area contributed by atoms with Gasteiger partial charge in [-0.1, -0.05) is 36.4 Å². The SMILES string of the molecule is C1COCCN1.CN1CCN(C(=O)c2cc3occc3[nH]2)CC1.CN1CCNCC1.O=C(O)c1cc2occc2[nH]1.O=C(O)c1cc2occc2[nH]1.O=C(O)c1cc2occc2[nH]1.O=C(c1cc2occc2[nH]1)N1CCN(c2ccccc2)CC1.O=C(c1cc2occc2[nH]1)N1CCOCC1.c1ccc(N2CCNCC2)cc1. The van der Waals surface area contributed by atoms with Gasteiger partial charge in [-0.3, -0.25) is 14.4 Å². The largest absolute Gasteiger partial charge is 0.477 e. The molecule has 0 bridgehead atoms. The van der Waals surface area contributed by atoms with Crippen LogP contribution in [0.2, 0.25) is 0 Å². The number of carbonyl (C=O) groups excluding carboxylic acids is 3. The summed E-state index contributed by atoms with van der Waals surface area (Å²) in [6.45, 7) is 22.2. The number of morpholine rings is 2. The highest BCUT2D eigenvalue weighted by Gasteiger charge is 2.26. The predicted octanol–water partition coefficient (Wildman–Crippen LogP) is 9.71. The Bertz CT molecular complexity index is 4870. The summed E-state index contributed by atoms with van der Waals surface area (Å²) in [5.41, 5.74) is 13.4. The Labute approximate surface area is 647 Å². The zero-order valence-corrected chi connectivity index (χ0v) is 62.8. The fraction of sp³-hybridized carbons (Fsp3) is 0.325. The first-order chi connectivity index (χ1) is 55.1. The van der Waals surface area contributed by atoms with Crippen LogP contribution in [0.3, 0.4) is 0 Å². The number of furan rings is 6. The molecule has 6 aliphatic heterocycles. The summed E-state index contributed by atoms with van der Waals surface area (Å²) >= 11 is 0. The lowest BCUT2D eigenvalue weighted by atomic mass is 10.2. The maximum Gasteiger partial charge on any atom is 0.352 e. The van der Waals surface area contributed by atoms with Gasteiger partial charge in [-0.15, -0.1) is 0 Å². The second kappa shape index (κ2) is 39.9. The van der Waals surface area contributed by atoms with Crippen LogP contribution in [0, 0.1) is 0 Å². The van der Waals surface area contributed by atoms with Crippen molar-refractivity contribution in [2.45, 2.75) is 0 Å². The van der Waals surface area contributed by atoms with Crippen molar-refractivity contribution in [2.24, 2.45) is 0 Å². The minimum atomic E-state index is -0.976. The summed E-state index contributed by atoms with van der Waals surface area (Å²) in [6.07, 6.45) is 9.36. The number of hydrogen-bond donors (Lipinski definition) is 12. The fourth-order valence-corrected chi connectivity index (χ4v) is 12.7. The molecule has 0 spiro atoms. The van der Waals surface area contributed by atoms with Gasteiger partial charge in [0.15, 0.2) is 33.5 Å². The molecule has 0 unspecified atom stereocenters. The van der Waals surface area contributed by atoms with E-state index in [1.165, 1.54) is 61.5 Å². The maximum absolute atomic E-state index is 12.5. The molecular formula is C80H94N16O17. The van der Waals surface area contributed by atoms with Gasteiger partial charge in [0, 0.05) is 215 Å². The zero-order valence-electron chi connectivity index (χ0n) is 62.8. The van der Waals surface area contributed by atoms with Gasteiger partial charge >= 0.3 is 17.9 Å². The number of aromatic amines is 6. The molecule has 14 aromatic rings. The number of nitrogens with zero attached hydrogens (tertiary/aromatic N) is 7. The number of nitrogens with one attached hydrogen (secondary N) is 9. The van der Waals surface area contributed by atoms with E-state index in [0.29, 0.717) is 76.7 Å². The molecule has 2 aromatic carbocycles. The highest BCUT2D eigenvalue weighted by Crippen LogP contribution is 2.24. The van der Waals surface area contributed by atoms with Crippen molar-refractivity contribution in [2.75, 3.05) is 181 Å². The molecule has 0 saturated carbocycles. The number of H-pyrrole nitrogens is 6. The number of amides is 3. The van der Waals surface area contributed by atoms with Gasteiger partial charge in [0.2, 0.25) is 0 Å². The molecule has 20 rings (SSSR count). The number of anilines is 2. The van der Waals surface area contributed by atoms with Crippen LogP contribution in [-0.4, -0.2) is 277 Å². The number of para-hydroxylation sites is 2. The van der Waals surface area contributed by atoms with E-state index in [1.807, 2.05) is 46.2 Å². The molecule has 6 aliphatic rings. The van der Waals surface area contributed by atoms with Gasteiger partial charge in [0.05, 0.1) is 97.1 Å². The average Bonchev–Trinajstić information content (AvgIpc) is 1.67. The number of carbonyl (C=O) groups is 6. The molecule has 12 N–H and O–H groups in total. The minimum absolute atomic E-state index is 0.00898. The van der Waals surface area contributed by atoms with Crippen molar-refractivity contribution >= 4 is 114 Å². The van der Waals surface area contributed by atoms with Crippen molar-refractivity contribution in [3.8, 4) is 0 Å². The highest BCUT2D eigenvalue weighted by atomic mass is 16.5. The Morgan fingerprint density at radius 2 is 0.558 bits per heavy atom. The number of aromatic nitrogens is 6. The standard InChI is InChI=1S/C17H17N3O2.C12H15N3O2.C11H12N2O3.C10H14N2.3C7H5NO3.C5H12N2.C4H9NO/c21-17(15-12-16-14(18-15)6-11-22-16)20-9-7-19(8-10-20)13-4-2-1-3-5-13;1-14-3-5-15(6-4-14)12(16)10-8-11-9(13-10)2-7-17-11;14-11(13-2-5-15-6-3-13)9-7-10-8(12-9)1-4-16-10;1-2-4-10(5-3-1)12-8-6-11-7-9-12;3*9-7(10)5-3-6-4(8-5)1-2-11-6;1-7-4-2-6-3-5-7;1-3-6-4-2-5-1/h1-6,11-12,18H,7-10H2;2,7-8,13H,3-6H2,1H3;1,4,7,12H,2-3,5-6H2;1-5,11H,6-9H2;3*1-3,8H,(H,9,10);6H,2-5H2,1H3;5H,1-4H2. The third-order valence-electron chi connectivity index (χ3n) is 19.0. The van der Waals surface area contributed by atoms with E-state index in [2.05, 4.69) is 122 Å². The number of carboxylic acid groups (broad SMARTS) is 3. The van der Waals surface area contributed by atoms with Crippen LogP contribution in [0.4, 0.5) is 11.4 Å². The first-order valence-electron chi connectivity index (χ1n) is 37.3. The quantitative estimate of drug-likeness (QED) is 0.0673. The normalized spacial score (nSPS) is 15.9.